The molecule has 2 aromatic carbocycles. The van der Waals surface area contributed by atoms with Crippen LogP contribution in [0, 0.1) is 0 Å². The van der Waals surface area contributed by atoms with E-state index in [1.54, 1.807) is 4.90 Å². The molecule has 0 aromatic heterocycles. The van der Waals surface area contributed by atoms with E-state index in [4.69, 9.17) is 0 Å². The minimum atomic E-state index is -4.81. The number of nitrogens with one attached hydrogen (secondary N) is 1. The van der Waals surface area contributed by atoms with Crippen molar-refractivity contribution in [3.05, 3.63) is 59.7 Å². The van der Waals surface area contributed by atoms with E-state index >= 15 is 0 Å². The molecule has 2 aromatic rings. The van der Waals surface area contributed by atoms with Gasteiger partial charge in [0.1, 0.15) is 0 Å². The third kappa shape index (κ3) is 4.79. The fourth-order valence-corrected chi connectivity index (χ4v) is 3.83. The third-order valence-corrected chi connectivity index (χ3v) is 5.33. The summed E-state index contributed by atoms with van der Waals surface area (Å²) in [7, 11) is -4.50. The lowest BCUT2D eigenvalue weighted by Gasteiger charge is -2.19. The van der Waals surface area contributed by atoms with Crippen molar-refractivity contribution in [1.82, 2.24) is 4.90 Å². The molecule has 0 atom stereocenters. The van der Waals surface area contributed by atoms with Crippen molar-refractivity contribution >= 4 is 21.6 Å². The number of hydrogen-bond donors (Lipinski definition) is 1. The number of amides is 1. The molecule has 0 saturated heterocycles. The zero-order chi connectivity index (χ0) is 20.2. The van der Waals surface area contributed by atoms with E-state index in [9.17, 15) is 26.4 Å². The monoisotopic (exact) mass is 400 g/mol. The summed E-state index contributed by atoms with van der Waals surface area (Å²) in [5, 5.41) is 0. The van der Waals surface area contributed by atoms with Gasteiger partial charge < -0.3 is 4.90 Å². The molecule has 0 bridgehead atoms. The fourth-order valence-electron chi connectivity index (χ4n) is 2.55. The van der Waals surface area contributed by atoms with Crippen LogP contribution in [0.4, 0.5) is 18.9 Å². The first-order valence-electron chi connectivity index (χ1n) is 8.18. The molecule has 0 saturated carbocycles. The minimum absolute atomic E-state index is 0.00461. The summed E-state index contributed by atoms with van der Waals surface area (Å²) in [4.78, 5) is 13.1. The molecule has 0 aliphatic carbocycles. The van der Waals surface area contributed by atoms with Gasteiger partial charge in [-0.1, -0.05) is 18.2 Å². The lowest BCUT2D eigenvalue weighted by atomic mass is 10.2. The van der Waals surface area contributed by atoms with E-state index in [0.29, 0.717) is 19.2 Å². The van der Waals surface area contributed by atoms with Crippen LogP contribution < -0.4 is 4.72 Å². The molecule has 0 radical (unpaired) electrons. The Morgan fingerprint density at radius 2 is 1.67 bits per heavy atom. The van der Waals surface area contributed by atoms with Crippen molar-refractivity contribution < 1.29 is 26.4 Å². The van der Waals surface area contributed by atoms with Crippen molar-refractivity contribution in [2.45, 2.75) is 24.9 Å². The van der Waals surface area contributed by atoms with Crippen LogP contribution >= 0.6 is 0 Å². The standard InChI is InChI=1S/C18H19F3N2O3S/c1-3-23(4-2)17(24)13-8-7-9-14(12-13)22-27(25,26)16-11-6-5-10-15(16)18(19,20)21/h5-12,22H,3-4H2,1-2H3. The van der Waals surface area contributed by atoms with Crippen LogP contribution in [0.2, 0.25) is 0 Å². The predicted molar refractivity (Wildman–Crippen MR) is 95.9 cm³/mol. The minimum Gasteiger partial charge on any atom is -0.339 e. The highest BCUT2D eigenvalue weighted by molar-refractivity contribution is 7.92. The van der Waals surface area contributed by atoms with Crippen molar-refractivity contribution in [2.24, 2.45) is 0 Å². The van der Waals surface area contributed by atoms with E-state index in [1.165, 1.54) is 30.3 Å². The van der Waals surface area contributed by atoms with Crippen molar-refractivity contribution in [3.63, 3.8) is 0 Å². The van der Waals surface area contributed by atoms with Crippen molar-refractivity contribution in [3.8, 4) is 0 Å². The summed E-state index contributed by atoms with van der Waals surface area (Å²) in [6.45, 7) is 4.57. The largest absolute Gasteiger partial charge is 0.417 e. The molecule has 0 aliphatic heterocycles. The Balaban J connectivity index is 2.38. The van der Waals surface area contributed by atoms with E-state index in [1.807, 2.05) is 13.8 Å². The Morgan fingerprint density at radius 3 is 2.26 bits per heavy atom. The van der Waals surface area contributed by atoms with Crippen LogP contribution in [-0.2, 0) is 16.2 Å². The Morgan fingerprint density at radius 1 is 1.04 bits per heavy atom. The molecule has 0 aliphatic rings. The van der Waals surface area contributed by atoms with Gasteiger partial charge in [-0.15, -0.1) is 0 Å². The van der Waals surface area contributed by atoms with Gasteiger partial charge in [0.15, 0.2) is 0 Å². The molecule has 1 N–H and O–H groups in total. The Kier molecular flexibility index (Phi) is 6.15. The zero-order valence-electron chi connectivity index (χ0n) is 14.7. The lowest BCUT2D eigenvalue weighted by Crippen LogP contribution is -2.30. The maximum atomic E-state index is 13.1. The Hall–Kier alpha value is -2.55. The number of hydrogen-bond acceptors (Lipinski definition) is 3. The quantitative estimate of drug-likeness (QED) is 0.797. The Labute approximate surface area is 155 Å². The number of anilines is 1. The zero-order valence-corrected chi connectivity index (χ0v) is 15.6. The molecule has 27 heavy (non-hydrogen) atoms. The van der Waals surface area contributed by atoms with Gasteiger partial charge in [-0.05, 0) is 44.2 Å². The van der Waals surface area contributed by atoms with Gasteiger partial charge in [0.25, 0.3) is 15.9 Å². The first-order chi connectivity index (χ1) is 12.6. The number of sulfonamides is 1. The summed E-state index contributed by atoms with van der Waals surface area (Å²) in [6.07, 6.45) is -4.81. The predicted octanol–water partition coefficient (Wildman–Crippen LogP) is 3.99. The second-order valence-electron chi connectivity index (χ2n) is 5.66. The highest BCUT2D eigenvalue weighted by Crippen LogP contribution is 2.34. The summed E-state index contributed by atoms with van der Waals surface area (Å²) in [6, 6.07) is 9.56. The van der Waals surface area contributed by atoms with Gasteiger partial charge in [0.05, 0.1) is 10.5 Å². The number of rotatable bonds is 6. The summed E-state index contributed by atoms with van der Waals surface area (Å²) < 4.78 is 66.4. The van der Waals surface area contributed by atoms with E-state index < -0.39 is 26.7 Å². The van der Waals surface area contributed by atoms with Crippen LogP contribution in [0.3, 0.4) is 0 Å². The highest BCUT2D eigenvalue weighted by atomic mass is 32.2. The molecule has 9 heteroatoms. The SMILES string of the molecule is CCN(CC)C(=O)c1cccc(NS(=O)(=O)c2ccccc2C(F)(F)F)c1. The second-order valence-corrected chi connectivity index (χ2v) is 7.31. The lowest BCUT2D eigenvalue weighted by molar-refractivity contribution is -0.139. The van der Waals surface area contributed by atoms with Gasteiger partial charge in [-0.25, -0.2) is 8.42 Å². The summed E-state index contributed by atoms with van der Waals surface area (Å²) in [5.74, 6) is -0.295. The molecular weight excluding hydrogens is 381 g/mol. The molecule has 2 rings (SSSR count). The average molecular weight is 400 g/mol. The van der Waals surface area contributed by atoms with Crippen LogP contribution in [0.15, 0.2) is 53.4 Å². The maximum Gasteiger partial charge on any atom is 0.417 e. The van der Waals surface area contributed by atoms with Crippen molar-refractivity contribution in [1.29, 1.82) is 0 Å². The second kappa shape index (κ2) is 7.99. The first-order valence-corrected chi connectivity index (χ1v) is 9.66. The normalized spacial score (nSPS) is 11.9. The third-order valence-electron chi connectivity index (χ3n) is 3.89. The van der Waals surface area contributed by atoms with Crippen LogP contribution in [0.5, 0.6) is 0 Å². The molecule has 0 spiro atoms. The van der Waals surface area contributed by atoms with Crippen LogP contribution in [-0.4, -0.2) is 32.3 Å². The van der Waals surface area contributed by atoms with Crippen LogP contribution in [0.1, 0.15) is 29.8 Å². The number of carbonyl (C=O) groups is 1. The molecule has 1 amide bonds. The highest BCUT2D eigenvalue weighted by Gasteiger charge is 2.36. The molecule has 0 unspecified atom stereocenters. The molecule has 0 fully saturated rings. The number of alkyl halides is 3. The number of halogens is 3. The number of carbonyl (C=O) groups excluding carboxylic acids is 1. The first kappa shape index (κ1) is 20.8. The maximum absolute atomic E-state index is 13.1. The van der Waals surface area contributed by atoms with Gasteiger partial charge in [0.2, 0.25) is 0 Å². The van der Waals surface area contributed by atoms with Crippen molar-refractivity contribution in [2.75, 3.05) is 17.8 Å². The molecular formula is C18H19F3N2O3S. The molecule has 0 heterocycles. The summed E-state index contributed by atoms with van der Waals surface area (Å²) in [5.41, 5.74) is -1.01. The fraction of sp³-hybridized carbons (Fsp3) is 0.278. The molecule has 5 nitrogen and oxygen atoms in total. The summed E-state index contributed by atoms with van der Waals surface area (Å²) >= 11 is 0. The smallest absolute Gasteiger partial charge is 0.339 e. The van der Waals surface area contributed by atoms with E-state index in [2.05, 4.69) is 4.72 Å². The number of nitrogens with zero attached hydrogens (tertiary/aromatic N) is 1. The van der Waals surface area contributed by atoms with E-state index in [0.717, 1.165) is 12.1 Å². The number of benzene rings is 2. The molecule has 146 valence electrons. The van der Waals surface area contributed by atoms with Gasteiger partial charge >= 0.3 is 6.18 Å². The average Bonchev–Trinajstić information content (AvgIpc) is 2.62. The van der Waals surface area contributed by atoms with E-state index in [-0.39, 0.29) is 17.2 Å². The topological polar surface area (TPSA) is 66.5 Å². The Bertz CT molecular complexity index is 923. The van der Waals surface area contributed by atoms with Gasteiger partial charge in [0, 0.05) is 24.3 Å². The van der Waals surface area contributed by atoms with Gasteiger partial charge in [-0.2, -0.15) is 13.2 Å². The van der Waals surface area contributed by atoms with Crippen LogP contribution in [0.25, 0.3) is 0 Å². The van der Waals surface area contributed by atoms with Gasteiger partial charge in [-0.3, -0.25) is 9.52 Å².